The van der Waals surface area contributed by atoms with E-state index in [0.717, 1.165) is 0 Å². The number of ether oxygens (including phenoxy) is 1. The Bertz CT molecular complexity index is 600. The standard InChI is InChI=1S/C15H20FN3O4/c1-8-14(21)13(15(22)12(7-20)23-8)19-6-11(17-18-19)9-3-2-4-10(16)5-9/h2-6,8,12-15,17-18,20-22H,7H2,1H3/t8-,12?,13?,14+,15-/m0/s1. The zero-order chi connectivity index (χ0) is 16.6. The van der Waals surface area contributed by atoms with Crippen LogP contribution in [0.2, 0.25) is 0 Å². The summed E-state index contributed by atoms with van der Waals surface area (Å²) in [6.07, 6.45) is -1.76. The van der Waals surface area contributed by atoms with Crippen LogP contribution in [0.4, 0.5) is 4.39 Å². The third kappa shape index (κ3) is 3.04. The van der Waals surface area contributed by atoms with E-state index in [4.69, 9.17) is 4.74 Å². The lowest BCUT2D eigenvalue weighted by molar-refractivity contribution is -0.208. The molecular formula is C15H20FN3O4. The molecule has 0 bridgehead atoms. The van der Waals surface area contributed by atoms with E-state index in [1.165, 1.54) is 17.1 Å². The maximum Gasteiger partial charge on any atom is 0.123 e. The maximum absolute atomic E-state index is 13.3. The van der Waals surface area contributed by atoms with Gasteiger partial charge in [-0.3, -0.25) is 5.01 Å². The van der Waals surface area contributed by atoms with Crippen molar-refractivity contribution in [1.29, 1.82) is 0 Å². The zero-order valence-corrected chi connectivity index (χ0v) is 12.6. The van der Waals surface area contributed by atoms with E-state index in [-0.39, 0.29) is 12.4 Å². The van der Waals surface area contributed by atoms with E-state index in [2.05, 4.69) is 11.0 Å². The van der Waals surface area contributed by atoms with Crippen molar-refractivity contribution in [2.45, 2.75) is 37.4 Å². The fourth-order valence-corrected chi connectivity index (χ4v) is 2.91. The summed E-state index contributed by atoms with van der Waals surface area (Å²) in [6, 6.07) is 5.33. The third-order valence-corrected chi connectivity index (χ3v) is 4.18. The summed E-state index contributed by atoms with van der Waals surface area (Å²) < 4.78 is 18.7. The van der Waals surface area contributed by atoms with Crippen LogP contribution >= 0.6 is 0 Å². The van der Waals surface area contributed by atoms with E-state index >= 15 is 0 Å². The molecule has 2 unspecified atom stereocenters. The maximum atomic E-state index is 13.3. The van der Waals surface area contributed by atoms with Crippen LogP contribution in [0.15, 0.2) is 30.5 Å². The van der Waals surface area contributed by atoms with E-state index in [0.29, 0.717) is 11.3 Å². The molecule has 0 spiro atoms. The smallest absolute Gasteiger partial charge is 0.123 e. The van der Waals surface area contributed by atoms with Gasteiger partial charge in [0.15, 0.2) is 0 Å². The monoisotopic (exact) mass is 325 g/mol. The highest BCUT2D eigenvalue weighted by atomic mass is 19.1. The number of rotatable bonds is 3. The third-order valence-electron chi connectivity index (χ3n) is 4.18. The molecule has 1 aromatic carbocycles. The second kappa shape index (κ2) is 6.42. The number of halogens is 1. The molecule has 23 heavy (non-hydrogen) atoms. The van der Waals surface area contributed by atoms with Crippen LogP contribution in [-0.2, 0) is 4.74 Å². The summed E-state index contributed by atoms with van der Waals surface area (Å²) in [5.41, 5.74) is 6.94. The molecule has 0 aliphatic carbocycles. The van der Waals surface area contributed by atoms with Crippen LogP contribution in [0.1, 0.15) is 12.5 Å². The molecule has 1 saturated heterocycles. The van der Waals surface area contributed by atoms with Gasteiger partial charge in [0, 0.05) is 11.8 Å². The Balaban J connectivity index is 1.83. The summed E-state index contributed by atoms with van der Waals surface area (Å²) in [6.45, 7) is 1.32. The normalized spacial score (nSPS) is 34.2. The van der Waals surface area contributed by atoms with Crippen molar-refractivity contribution in [2.75, 3.05) is 6.61 Å². The Hall–Kier alpha value is -1.71. The molecule has 0 saturated carbocycles. The minimum atomic E-state index is -1.09. The van der Waals surface area contributed by atoms with Gasteiger partial charge in [-0.15, -0.1) is 5.53 Å². The number of hydrogen-bond donors (Lipinski definition) is 5. The Morgan fingerprint density at radius 3 is 2.78 bits per heavy atom. The Kier molecular flexibility index (Phi) is 4.51. The van der Waals surface area contributed by atoms with Gasteiger partial charge in [-0.1, -0.05) is 12.1 Å². The van der Waals surface area contributed by atoms with Gasteiger partial charge in [0.2, 0.25) is 0 Å². The summed E-state index contributed by atoms with van der Waals surface area (Å²) in [4.78, 5) is 0. The lowest BCUT2D eigenvalue weighted by Gasteiger charge is -2.44. The van der Waals surface area contributed by atoms with Gasteiger partial charge >= 0.3 is 0 Å². The minimum absolute atomic E-state index is 0.351. The fourth-order valence-electron chi connectivity index (χ4n) is 2.91. The van der Waals surface area contributed by atoms with Crippen molar-refractivity contribution in [3.05, 3.63) is 41.8 Å². The number of aliphatic hydroxyl groups is 3. The first-order valence-corrected chi connectivity index (χ1v) is 7.41. The molecule has 1 fully saturated rings. The van der Waals surface area contributed by atoms with E-state index in [1.54, 1.807) is 25.3 Å². The lowest BCUT2D eigenvalue weighted by Crippen LogP contribution is -2.65. The summed E-state index contributed by atoms with van der Waals surface area (Å²) in [5.74, 6) is -0.358. The molecular weight excluding hydrogens is 305 g/mol. The predicted octanol–water partition coefficient (Wildman–Crippen LogP) is -0.681. The fraction of sp³-hybridized carbons (Fsp3) is 0.467. The first-order chi connectivity index (χ1) is 11.0. The highest BCUT2D eigenvalue weighted by molar-refractivity contribution is 5.64. The molecule has 5 atom stereocenters. The quantitative estimate of drug-likeness (QED) is 0.502. The number of nitrogens with zero attached hydrogens (tertiary/aromatic N) is 1. The molecule has 2 heterocycles. The van der Waals surface area contributed by atoms with Crippen molar-refractivity contribution in [3.8, 4) is 0 Å². The zero-order valence-electron chi connectivity index (χ0n) is 12.6. The highest BCUT2D eigenvalue weighted by Crippen LogP contribution is 2.27. The van der Waals surface area contributed by atoms with Crippen molar-refractivity contribution in [3.63, 3.8) is 0 Å². The van der Waals surface area contributed by atoms with E-state index < -0.39 is 30.5 Å². The van der Waals surface area contributed by atoms with Crippen LogP contribution < -0.4 is 11.0 Å². The molecule has 7 nitrogen and oxygen atoms in total. The van der Waals surface area contributed by atoms with Gasteiger partial charge in [0.1, 0.15) is 30.2 Å². The van der Waals surface area contributed by atoms with Crippen molar-refractivity contribution in [2.24, 2.45) is 0 Å². The van der Waals surface area contributed by atoms with Gasteiger partial charge in [-0.25, -0.2) is 4.39 Å². The van der Waals surface area contributed by atoms with Gasteiger partial charge in [0.05, 0.1) is 18.4 Å². The van der Waals surface area contributed by atoms with Crippen LogP contribution in [0.3, 0.4) is 0 Å². The number of hydrazine groups is 2. The topological polar surface area (TPSA) is 97.2 Å². The van der Waals surface area contributed by atoms with Crippen LogP contribution in [0.5, 0.6) is 0 Å². The number of benzene rings is 1. The second-order valence-corrected chi connectivity index (χ2v) is 5.73. The van der Waals surface area contributed by atoms with Crippen LogP contribution in [-0.4, -0.2) is 57.4 Å². The van der Waals surface area contributed by atoms with Crippen molar-refractivity contribution in [1.82, 2.24) is 16.0 Å². The molecule has 126 valence electrons. The van der Waals surface area contributed by atoms with E-state index in [9.17, 15) is 19.7 Å². The molecule has 3 rings (SSSR count). The largest absolute Gasteiger partial charge is 0.394 e. The predicted molar refractivity (Wildman–Crippen MR) is 79.7 cm³/mol. The highest BCUT2D eigenvalue weighted by Gasteiger charge is 2.45. The molecule has 5 N–H and O–H groups in total. The average Bonchev–Trinajstić information content (AvgIpc) is 3.01. The molecule has 2 aliphatic rings. The van der Waals surface area contributed by atoms with Crippen molar-refractivity contribution < 1.29 is 24.4 Å². The first kappa shape index (κ1) is 16.2. The van der Waals surface area contributed by atoms with Gasteiger partial charge in [-0.2, -0.15) is 0 Å². The van der Waals surface area contributed by atoms with Gasteiger partial charge in [0.25, 0.3) is 0 Å². The Morgan fingerprint density at radius 2 is 2.09 bits per heavy atom. The van der Waals surface area contributed by atoms with Gasteiger partial charge in [-0.05, 0) is 19.1 Å². The average molecular weight is 325 g/mol. The molecule has 0 amide bonds. The summed E-state index contributed by atoms with van der Waals surface area (Å²) >= 11 is 0. The molecule has 2 aliphatic heterocycles. The second-order valence-electron chi connectivity index (χ2n) is 5.73. The molecule has 8 heteroatoms. The summed E-state index contributed by atoms with van der Waals surface area (Å²) in [5, 5.41) is 31.5. The first-order valence-electron chi connectivity index (χ1n) is 7.41. The van der Waals surface area contributed by atoms with Gasteiger partial charge < -0.3 is 25.5 Å². The number of nitrogens with one attached hydrogen (secondary N) is 2. The van der Waals surface area contributed by atoms with Crippen molar-refractivity contribution >= 4 is 5.70 Å². The Morgan fingerprint density at radius 1 is 1.30 bits per heavy atom. The summed E-state index contributed by atoms with van der Waals surface area (Å²) in [7, 11) is 0. The number of hydrogen-bond acceptors (Lipinski definition) is 7. The lowest BCUT2D eigenvalue weighted by atomic mass is 9.93. The minimum Gasteiger partial charge on any atom is -0.394 e. The number of aliphatic hydroxyl groups excluding tert-OH is 3. The van der Waals surface area contributed by atoms with Crippen LogP contribution in [0, 0.1) is 5.82 Å². The SMILES string of the molecule is C[C@@H]1OC(CO)[C@H](O)C(N2C=C(c3cccc(F)c3)NN2)[C@@H]1O. The molecule has 0 radical (unpaired) electrons. The Labute approximate surface area is 132 Å². The molecule has 1 aromatic rings. The molecule has 0 aromatic heterocycles. The van der Waals surface area contributed by atoms with Crippen LogP contribution in [0.25, 0.3) is 5.70 Å². The van der Waals surface area contributed by atoms with E-state index in [1.807, 2.05) is 0 Å².